The third kappa shape index (κ3) is 2.10. The number of thioether (sulfide) groups is 1. The van der Waals surface area contributed by atoms with Gasteiger partial charge in [-0.25, -0.2) is 0 Å². The number of ether oxygens (including phenoxy) is 1. The van der Waals surface area contributed by atoms with E-state index >= 15 is 0 Å². The lowest BCUT2D eigenvalue weighted by atomic mass is 10.3. The first kappa shape index (κ1) is 8.75. The highest BCUT2D eigenvalue weighted by Gasteiger charge is 2.24. The van der Waals surface area contributed by atoms with Crippen LogP contribution in [-0.2, 0) is 0 Å². The molecule has 1 fully saturated rings. The monoisotopic (exact) mass is 195 g/mol. The summed E-state index contributed by atoms with van der Waals surface area (Å²) in [6.07, 6.45) is 4.85. The van der Waals surface area contributed by atoms with Crippen LogP contribution in [0.3, 0.4) is 0 Å². The smallest absolute Gasteiger partial charge is 0.135 e. The lowest BCUT2D eigenvalue weighted by Crippen LogP contribution is -1.98. The SMILES string of the molecule is CSc1ccc(N)cc1OC1CC1. The second kappa shape index (κ2) is 3.50. The van der Waals surface area contributed by atoms with Crippen molar-refractivity contribution in [3.05, 3.63) is 18.2 Å². The zero-order valence-electron chi connectivity index (χ0n) is 7.62. The number of nitrogen functional groups attached to an aromatic ring is 1. The molecule has 3 heteroatoms. The molecule has 1 aromatic carbocycles. The van der Waals surface area contributed by atoms with E-state index in [1.54, 1.807) is 11.8 Å². The maximum atomic E-state index is 5.73. The lowest BCUT2D eigenvalue weighted by molar-refractivity contribution is 0.296. The molecule has 2 N–H and O–H groups in total. The second-order valence-electron chi connectivity index (χ2n) is 3.23. The van der Waals surface area contributed by atoms with Gasteiger partial charge in [0.25, 0.3) is 0 Å². The average Bonchev–Trinajstić information content (AvgIpc) is 2.89. The summed E-state index contributed by atoms with van der Waals surface area (Å²) in [6, 6.07) is 5.83. The molecule has 0 amide bonds. The Balaban J connectivity index is 2.22. The van der Waals surface area contributed by atoms with Gasteiger partial charge in [-0.1, -0.05) is 0 Å². The van der Waals surface area contributed by atoms with Crippen molar-refractivity contribution in [1.29, 1.82) is 0 Å². The standard InChI is InChI=1S/C10H13NOS/c1-13-10-5-2-7(11)6-9(10)12-8-3-4-8/h2,5-6,8H,3-4,11H2,1H3. The minimum atomic E-state index is 0.438. The highest BCUT2D eigenvalue weighted by atomic mass is 32.2. The van der Waals surface area contributed by atoms with Crippen LogP contribution >= 0.6 is 11.8 Å². The van der Waals surface area contributed by atoms with E-state index < -0.39 is 0 Å². The highest BCUT2D eigenvalue weighted by molar-refractivity contribution is 7.98. The van der Waals surface area contributed by atoms with Crippen LogP contribution in [-0.4, -0.2) is 12.4 Å². The molecular weight excluding hydrogens is 182 g/mol. The van der Waals surface area contributed by atoms with Crippen molar-refractivity contribution in [2.24, 2.45) is 0 Å². The van der Waals surface area contributed by atoms with E-state index in [0.29, 0.717) is 6.10 Å². The van der Waals surface area contributed by atoms with Crippen LogP contribution in [0, 0.1) is 0 Å². The van der Waals surface area contributed by atoms with Crippen molar-refractivity contribution < 1.29 is 4.74 Å². The minimum Gasteiger partial charge on any atom is -0.489 e. The van der Waals surface area contributed by atoms with E-state index in [-0.39, 0.29) is 0 Å². The first-order chi connectivity index (χ1) is 6.29. The Kier molecular flexibility index (Phi) is 2.36. The molecule has 70 valence electrons. The third-order valence-corrected chi connectivity index (χ3v) is 2.78. The fourth-order valence-corrected chi connectivity index (χ4v) is 1.66. The zero-order valence-corrected chi connectivity index (χ0v) is 8.43. The summed E-state index contributed by atoms with van der Waals surface area (Å²) in [7, 11) is 0. The van der Waals surface area contributed by atoms with Gasteiger partial charge in [0, 0.05) is 16.6 Å². The van der Waals surface area contributed by atoms with E-state index in [2.05, 4.69) is 0 Å². The Hall–Kier alpha value is -0.830. The summed E-state index contributed by atoms with van der Waals surface area (Å²) in [6.45, 7) is 0. The summed E-state index contributed by atoms with van der Waals surface area (Å²) in [5, 5.41) is 0. The van der Waals surface area contributed by atoms with E-state index in [1.165, 1.54) is 17.7 Å². The van der Waals surface area contributed by atoms with Crippen LogP contribution in [0.2, 0.25) is 0 Å². The number of benzene rings is 1. The molecule has 13 heavy (non-hydrogen) atoms. The number of hydrogen-bond donors (Lipinski definition) is 1. The van der Waals surface area contributed by atoms with Crippen molar-refractivity contribution in [3.8, 4) is 5.75 Å². The molecule has 1 aromatic rings. The van der Waals surface area contributed by atoms with Gasteiger partial charge in [0.15, 0.2) is 0 Å². The van der Waals surface area contributed by atoms with E-state index in [4.69, 9.17) is 10.5 Å². The van der Waals surface area contributed by atoms with Crippen molar-refractivity contribution in [2.75, 3.05) is 12.0 Å². The molecule has 2 rings (SSSR count). The molecule has 0 heterocycles. The van der Waals surface area contributed by atoms with Crippen LogP contribution in [0.4, 0.5) is 5.69 Å². The highest BCUT2D eigenvalue weighted by Crippen LogP contribution is 2.34. The van der Waals surface area contributed by atoms with Gasteiger partial charge in [-0.15, -0.1) is 11.8 Å². The molecular formula is C10H13NOS. The summed E-state index contributed by atoms with van der Waals surface area (Å²) in [4.78, 5) is 1.17. The first-order valence-corrected chi connectivity index (χ1v) is 5.62. The maximum Gasteiger partial charge on any atom is 0.135 e. The minimum absolute atomic E-state index is 0.438. The molecule has 0 spiro atoms. The van der Waals surface area contributed by atoms with E-state index in [9.17, 15) is 0 Å². The first-order valence-electron chi connectivity index (χ1n) is 4.40. The van der Waals surface area contributed by atoms with Crippen molar-refractivity contribution in [1.82, 2.24) is 0 Å². The fourth-order valence-electron chi connectivity index (χ4n) is 1.15. The van der Waals surface area contributed by atoms with Crippen LogP contribution < -0.4 is 10.5 Å². The number of rotatable bonds is 3. The Morgan fingerprint density at radius 1 is 1.46 bits per heavy atom. The normalized spacial score (nSPS) is 15.8. The Bertz CT molecular complexity index is 310. The summed E-state index contributed by atoms with van der Waals surface area (Å²) >= 11 is 1.69. The second-order valence-corrected chi connectivity index (χ2v) is 4.08. The van der Waals surface area contributed by atoms with Gasteiger partial charge in [0.2, 0.25) is 0 Å². The Morgan fingerprint density at radius 3 is 2.85 bits per heavy atom. The van der Waals surface area contributed by atoms with Gasteiger partial charge >= 0.3 is 0 Å². The quantitative estimate of drug-likeness (QED) is 0.594. The summed E-state index contributed by atoms with van der Waals surface area (Å²) < 4.78 is 5.73. The van der Waals surface area contributed by atoms with Gasteiger partial charge < -0.3 is 10.5 Å². The third-order valence-electron chi connectivity index (χ3n) is 2.01. The molecule has 0 unspecified atom stereocenters. The Morgan fingerprint density at radius 2 is 2.23 bits per heavy atom. The summed E-state index contributed by atoms with van der Waals surface area (Å²) in [5.41, 5.74) is 6.46. The maximum absolute atomic E-state index is 5.73. The van der Waals surface area contributed by atoms with Crippen LogP contribution in [0.15, 0.2) is 23.1 Å². The van der Waals surface area contributed by atoms with Crippen molar-refractivity contribution >= 4 is 17.4 Å². The van der Waals surface area contributed by atoms with Crippen molar-refractivity contribution in [2.45, 2.75) is 23.8 Å². The van der Waals surface area contributed by atoms with E-state index in [1.807, 2.05) is 24.5 Å². The average molecular weight is 195 g/mol. The molecule has 0 bridgehead atoms. The Labute approximate surface area is 82.5 Å². The molecule has 0 saturated heterocycles. The summed E-state index contributed by atoms with van der Waals surface area (Å²) in [5.74, 6) is 0.940. The molecule has 1 aliphatic rings. The predicted molar refractivity (Wildman–Crippen MR) is 56.3 cm³/mol. The van der Waals surface area contributed by atoms with Crippen molar-refractivity contribution in [3.63, 3.8) is 0 Å². The van der Waals surface area contributed by atoms with Crippen LogP contribution in [0.1, 0.15) is 12.8 Å². The van der Waals surface area contributed by atoms with Gasteiger partial charge in [-0.2, -0.15) is 0 Å². The van der Waals surface area contributed by atoms with Crippen LogP contribution in [0.25, 0.3) is 0 Å². The molecule has 2 nitrogen and oxygen atoms in total. The van der Waals surface area contributed by atoms with Crippen LogP contribution in [0.5, 0.6) is 5.75 Å². The van der Waals surface area contributed by atoms with Gasteiger partial charge in [0.1, 0.15) is 5.75 Å². The zero-order chi connectivity index (χ0) is 9.26. The molecule has 0 atom stereocenters. The molecule has 0 aliphatic heterocycles. The lowest BCUT2D eigenvalue weighted by Gasteiger charge is -2.09. The topological polar surface area (TPSA) is 35.2 Å². The van der Waals surface area contributed by atoms with Gasteiger partial charge in [-0.05, 0) is 31.2 Å². The number of nitrogens with two attached hydrogens (primary N) is 1. The number of hydrogen-bond acceptors (Lipinski definition) is 3. The largest absolute Gasteiger partial charge is 0.489 e. The number of anilines is 1. The molecule has 0 aromatic heterocycles. The molecule has 0 radical (unpaired) electrons. The molecule has 1 aliphatic carbocycles. The molecule has 1 saturated carbocycles. The van der Waals surface area contributed by atoms with E-state index in [0.717, 1.165) is 11.4 Å². The fraction of sp³-hybridized carbons (Fsp3) is 0.400. The van der Waals surface area contributed by atoms with Gasteiger partial charge in [-0.3, -0.25) is 0 Å². The van der Waals surface area contributed by atoms with Gasteiger partial charge in [0.05, 0.1) is 6.10 Å². The predicted octanol–water partition coefficient (Wildman–Crippen LogP) is 2.53.